The van der Waals surface area contributed by atoms with Crippen molar-refractivity contribution in [3.8, 4) is 0 Å². The van der Waals surface area contributed by atoms with Gasteiger partial charge >= 0.3 is 5.97 Å². The topological polar surface area (TPSA) is 63.7 Å². The van der Waals surface area contributed by atoms with Gasteiger partial charge in [-0.05, 0) is 25.1 Å². The molecule has 0 bridgehead atoms. The van der Waals surface area contributed by atoms with Gasteiger partial charge in [-0.15, -0.1) is 0 Å². The highest BCUT2D eigenvalue weighted by Gasteiger charge is 2.24. The van der Waals surface area contributed by atoms with E-state index in [1.165, 1.54) is 32.2 Å². The molecule has 0 unspecified atom stereocenters. The fourth-order valence-electron chi connectivity index (χ4n) is 1.33. The van der Waals surface area contributed by atoms with E-state index in [1.807, 2.05) is 0 Å². The minimum Gasteiger partial charge on any atom is -0.468 e. The largest absolute Gasteiger partial charge is 0.468 e. The number of esters is 1. The number of ether oxygens (including phenoxy) is 1. The molecule has 0 amide bonds. The Kier molecular flexibility index (Phi) is 5.46. The molecule has 0 saturated heterocycles. The van der Waals surface area contributed by atoms with E-state index in [2.05, 4.69) is 4.74 Å². The number of carbonyl (C=O) groups excluding carboxylic acids is 1. The Balaban J connectivity index is 3.23. The average Bonchev–Trinajstić information content (AvgIpc) is 2.38. The second kappa shape index (κ2) is 6.45. The molecule has 0 aliphatic carbocycles. The van der Waals surface area contributed by atoms with Crippen molar-refractivity contribution in [2.24, 2.45) is 0 Å². The first-order valence-electron chi connectivity index (χ1n) is 5.34. The molecule has 1 rings (SSSR count). The number of nitrogens with zero attached hydrogens (tertiary/aromatic N) is 1. The molecule has 0 N–H and O–H groups in total. The van der Waals surface area contributed by atoms with Gasteiger partial charge in [0.25, 0.3) is 0 Å². The average molecular weight is 326 g/mol. The molecule has 0 atom stereocenters. The van der Waals surface area contributed by atoms with Gasteiger partial charge in [0.05, 0.1) is 28.6 Å². The summed E-state index contributed by atoms with van der Waals surface area (Å²) in [6.07, 6.45) is 0. The molecule has 1 aromatic rings. The van der Waals surface area contributed by atoms with E-state index in [-0.39, 0.29) is 16.5 Å². The van der Waals surface area contributed by atoms with Crippen LogP contribution in [0.15, 0.2) is 18.2 Å². The number of hydrogen-bond acceptors (Lipinski definition) is 4. The Morgan fingerprint density at radius 3 is 2.42 bits per heavy atom. The zero-order chi connectivity index (χ0) is 14.6. The van der Waals surface area contributed by atoms with E-state index in [4.69, 9.17) is 23.2 Å². The number of benzene rings is 1. The van der Waals surface area contributed by atoms with Crippen LogP contribution in [-0.4, -0.2) is 33.8 Å². The van der Waals surface area contributed by atoms with Crippen LogP contribution in [0.25, 0.3) is 0 Å². The first-order chi connectivity index (χ1) is 8.81. The highest BCUT2D eigenvalue weighted by atomic mass is 35.5. The summed E-state index contributed by atoms with van der Waals surface area (Å²) in [5, 5.41) is 0.512. The monoisotopic (exact) mass is 325 g/mol. The summed E-state index contributed by atoms with van der Waals surface area (Å²) in [6, 6.07) is 4.33. The Hall–Kier alpha value is -0.980. The molecular formula is C11H13Cl2NO4S. The zero-order valence-corrected chi connectivity index (χ0v) is 12.7. The maximum absolute atomic E-state index is 12.0. The van der Waals surface area contributed by atoms with Crippen molar-refractivity contribution < 1.29 is 17.9 Å². The number of rotatable bonds is 5. The van der Waals surface area contributed by atoms with Crippen molar-refractivity contribution in [1.29, 1.82) is 0 Å². The van der Waals surface area contributed by atoms with E-state index in [1.54, 1.807) is 0 Å². The molecule has 0 heterocycles. The van der Waals surface area contributed by atoms with Crippen LogP contribution in [0, 0.1) is 0 Å². The molecule has 0 fully saturated rings. The molecule has 0 aliphatic heterocycles. The molecule has 19 heavy (non-hydrogen) atoms. The lowest BCUT2D eigenvalue weighted by atomic mass is 10.3. The van der Waals surface area contributed by atoms with Crippen LogP contribution in [0.3, 0.4) is 0 Å². The molecule has 1 aromatic carbocycles. The number of sulfonamides is 1. The van der Waals surface area contributed by atoms with Gasteiger partial charge in [-0.1, -0.05) is 23.2 Å². The summed E-state index contributed by atoms with van der Waals surface area (Å²) >= 11 is 11.6. The summed E-state index contributed by atoms with van der Waals surface area (Å²) in [4.78, 5) is 11.3. The third kappa shape index (κ3) is 3.99. The van der Waals surface area contributed by atoms with Crippen LogP contribution in [0.5, 0.6) is 0 Å². The van der Waals surface area contributed by atoms with Gasteiger partial charge in [0.1, 0.15) is 6.54 Å². The SMILES string of the molecule is CCS(=O)(=O)N(CC(=O)OC)c1ccc(Cl)c(Cl)c1. The van der Waals surface area contributed by atoms with E-state index >= 15 is 0 Å². The highest BCUT2D eigenvalue weighted by Crippen LogP contribution is 2.28. The number of carbonyl (C=O) groups is 1. The molecule has 106 valence electrons. The summed E-state index contributed by atoms with van der Waals surface area (Å²) in [5.41, 5.74) is 0.265. The van der Waals surface area contributed by atoms with Gasteiger partial charge < -0.3 is 4.74 Å². The molecule has 8 heteroatoms. The van der Waals surface area contributed by atoms with Gasteiger partial charge in [0, 0.05) is 0 Å². The van der Waals surface area contributed by atoms with Crippen LogP contribution >= 0.6 is 23.2 Å². The molecule has 0 aliphatic rings. The summed E-state index contributed by atoms with van der Waals surface area (Å²) in [7, 11) is -2.43. The van der Waals surface area contributed by atoms with E-state index in [0.29, 0.717) is 5.02 Å². The predicted molar refractivity (Wildman–Crippen MR) is 75.3 cm³/mol. The highest BCUT2D eigenvalue weighted by molar-refractivity contribution is 7.92. The first kappa shape index (κ1) is 16.1. The van der Waals surface area contributed by atoms with Crippen molar-refractivity contribution in [3.63, 3.8) is 0 Å². The Labute approximate surface area is 122 Å². The number of methoxy groups -OCH3 is 1. The van der Waals surface area contributed by atoms with E-state index < -0.39 is 22.5 Å². The van der Waals surface area contributed by atoms with Crippen molar-refractivity contribution in [3.05, 3.63) is 28.2 Å². The second-order valence-electron chi connectivity index (χ2n) is 3.58. The quantitative estimate of drug-likeness (QED) is 0.779. The van der Waals surface area contributed by atoms with Crippen LogP contribution in [0.1, 0.15) is 6.92 Å². The lowest BCUT2D eigenvalue weighted by Crippen LogP contribution is -2.37. The van der Waals surface area contributed by atoms with Crippen molar-refractivity contribution >= 4 is 44.9 Å². The minimum absolute atomic E-state index is 0.149. The third-order valence-electron chi connectivity index (χ3n) is 2.39. The molecule has 0 spiro atoms. The standard InChI is InChI=1S/C11H13Cl2NO4S/c1-3-19(16,17)14(7-11(15)18-2)8-4-5-9(12)10(13)6-8/h4-6H,3,7H2,1-2H3. The lowest BCUT2D eigenvalue weighted by molar-refractivity contribution is -0.138. The number of halogens is 2. The van der Waals surface area contributed by atoms with Crippen molar-refractivity contribution in [2.75, 3.05) is 23.7 Å². The Morgan fingerprint density at radius 2 is 1.95 bits per heavy atom. The molecule has 0 radical (unpaired) electrons. The van der Waals surface area contributed by atoms with Gasteiger partial charge in [-0.3, -0.25) is 9.10 Å². The van der Waals surface area contributed by atoms with Crippen LogP contribution < -0.4 is 4.31 Å². The summed E-state index contributed by atoms with van der Waals surface area (Å²) in [5.74, 6) is -0.812. The molecule has 0 aromatic heterocycles. The zero-order valence-electron chi connectivity index (χ0n) is 10.4. The molecule has 0 saturated carbocycles. The third-order valence-corrected chi connectivity index (χ3v) is 4.87. The molecular weight excluding hydrogens is 313 g/mol. The maximum atomic E-state index is 12.0. The minimum atomic E-state index is -3.62. The number of hydrogen-bond donors (Lipinski definition) is 0. The Bertz CT molecular complexity index is 574. The van der Waals surface area contributed by atoms with E-state index in [9.17, 15) is 13.2 Å². The smallest absolute Gasteiger partial charge is 0.326 e. The summed E-state index contributed by atoms with van der Waals surface area (Å²) in [6.45, 7) is 1.07. The lowest BCUT2D eigenvalue weighted by Gasteiger charge is -2.22. The Morgan fingerprint density at radius 1 is 1.32 bits per heavy atom. The van der Waals surface area contributed by atoms with Crippen LogP contribution in [0.2, 0.25) is 10.0 Å². The van der Waals surface area contributed by atoms with E-state index in [0.717, 1.165) is 4.31 Å². The van der Waals surface area contributed by atoms with Crippen molar-refractivity contribution in [2.45, 2.75) is 6.92 Å². The van der Waals surface area contributed by atoms with Gasteiger partial charge in [0.15, 0.2) is 0 Å². The fourth-order valence-corrected chi connectivity index (χ4v) is 2.67. The first-order valence-corrected chi connectivity index (χ1v) is 7.70. The second-order valence-corrected chi connectivity index (χ2v) is 6.58. The van der Waals surface area contributed by atoms with Crippen molar-refractivity contribution in [1.82, 2.24) is 0 Å². The molecule has 5 nitrogen and oxygen atoms in total. The van der Waals surface area contributed by atoms with Gasteiger partial charge in [0.2, 0.25) is 10.0 Å². The number of anilines is 1. The fraction of sp³-hybridized carbons (Fsp3) is 0.364. The summed E-state index contributed by atoms with van der Waals surface area (Å²) < 4.78 is 29.4. The van der Waals surface area contributed by atoms with Crippen LogP contribution in [0.4, 0.5) is 5.69 Å². The normalized spacial score (nSPS) is 11.2. The predicted octanol–water partition coefficient (Wildman–Crippen LogP) is 2.32. The van der Waals surface area contributed by atoms with Gasteiger partial charge in [-0.2, -0.15) is 0 Å². The van der Waals surface area contributed by atoms with Gasteiger partial charge in [-0.25, -0.2) is 8.42 Å². The van der Waals surface area contributed by atoms with Crippen LogP contribution in [-0.2, 0) is 19.6 Å². The maximum Gasteiger partial charge on any atom is 0.326 e.